The van der Waals surface area contributed by atoms with Crippen molar-refractivity contribution in [1.29, 1.82) is 0 Å². The number of nitro groups is 1. The lowest BCUT2D eigenvalue weighted by molar-refractivity contribution is -0.617. The summed E-state index contributed by atoms with van der Waals surface area (Å²) in [5.74, 6) is 0. The SMILES string of the molecule is O=[N+]([O-])c1ccccc1[N-][n+]1ccc2ccccc2c1. The third-order valence-corrected chi connectivity index (χ3v) is 2.98. The van der Waals surface area contributed by atoms with Crippen molar-refractivity contribution in [3.05, 3.63) is 82.5 Å². The zero-order chi connectivity index (χ0) is 13.9. The van der Waals surface area contributed by atoms with Gasteiger partial charge < -0.3 is 5.43 Å². The standard InChI is InChI=1S/C15H11N3O2/c19-18(20)15-8-4-3-7-14(15)16-17-10-9-12-5-1-2-6-13(12)11-17/h1-11H. The molecule has 0 aliphatic carbocycles. The average molecular weight is 265 g/mol. The quantitative estimate of drug-likeness (QED) is 0.413. The fourth-order valence-electron chi connectivity index (χ4n) is 2.01. The highest BCUT2D eigenvalue weighted by atomic mass is 16.6. The van der Waals surface area contributed by atoms with Crippen molar-refractivity contribution in [3.63, 3.8) is 0 Å². The lowest BCUT2D eigenvalue weighted by Gasteiger charge is -2.14. The lowest BCUT2D eigenvalue weighted by Crippen LogP contribution is -2.26. The molecule has 0 saturated heterocycles. The van der Waals surface area contributed by atoms with E-state index in [2.05, 4.69) is 5.43 Å². The number of pyridine rings is 1. The van der Waals surface area contributed by atoms with E-state index in [4.69, 9.17) is 0 Å². The van der Waals surface area contributed by atoms with E-state index in [-0.39, 0.29) is 5.69 Å². The van der Waals surface area contributed by atoms with Gasteiger partial charge in [0.05, 0.1) is 4.92 Å². The number of para-hydroxylation sites is 1. The van der Waals surface area contributed by atoms with Gasteiger partial charge in [-0.2, -0.15) is 0 Å². The second kappa shape index (κ2) is 4.97. The predicted molar refractivity (Wildman–Crippen MR) is 75.7 cm³/mol. The number of benzene rings is 2. The van der Waals surface area contributed by atoms with E-state index in [0.29, 0.717) is 5.69 Å². The van der Waals surface area contributed by atoms with Crippen molar-refractivity contribution in [1.82, 2.24) is 0 Å². The minimum Gasteiger partial charge on any atom is -0.398 e. The van der Waals surface area contributed by atoms with Crippen LogP contribution in [0.25, 0.3) is 16.2 Å². The Bertz CT molecular complexity index is 787. The van der Waals surface area contributed by atoms with Gasteiger partial charge in [-0.1, -0.05) is 36.4 Å². The van der Waals surface area contributed by atoms with Crippen LogP contribution in [-0.2, 0) is 0 Å². The molecule has 1 heterocycles. The first kappa shape index (κ1) is 12.1. The molecule has 1 aromatic heterocycles. The van der Waals surface area contributed by atoms with E-state index in [1.54, 1.807) is 29.1 Å². The van der Waals surface area contributed by atoms with Gasteiger partial charge in [-0.3, -0.25) is 10.1 Å². The second-order valence-electron chi connectivity index (χ2n) is 4.30. The van der Waals surface area contributed by atoms with Crippen molar-refractivity contribution < 1.29 is 9.60 Å². The van der Waals surface area contributed by atoms with Crippen LogP contribution in [0, 0.1) is 10.1 Å². The van der Waals surface area contributed by atoms with Crippen molar-refractivity contribution in [3.8, 4) is 0 Å². The molecule has 98 valence electrons. The summed E-state index contributed by atoms with van der Waals surface area (Å²) >= 11 is 0. The molecule has 0 aliphatic rings. The predicted octanol–water partition coefficient (Wildman–Crippen LogP) is 3.50. The topological polar surface area (TPSA) is 61.1 Å². The highest BCUT2D eigenvalue weighted by molar-refractivity contribution is 5.80. The summed E-state index contributed by atoms with van der Waals surface area (Å²) in [4.78, 5) is 10.5. The highest BCUT2D eigenvalue weighted by Gasteiger charge is 2.07. The van der Waals surface area contributed by atoms with Crippen LogP contribution in [0.15, 0.2) is 67.0 Å². The molecule has 2 aromatic carbocycles. The Balaban J connectivity index is 1.99. The highest BCUT2D eigenvalue weighted by Crippen LogP contribution is 2.28. The van der Waals surface area contributed by atoms with Crippen LogP contribution in [0.2, 0.25) is 0 Å². The van der Waals surface area contributed by atoms with Gasteiger partial charge in [-0.15, -0.1) is 0 Å². The summed E-state index contributed by atoms with van der Waals surface area (Å²) in [6, 6.07) is 16.2. The lowest BCUT2D eigenvalue weighted by atomic mass is 10.2. The molecule has 0 N–H and O–H groups in total. The molecule has 0 saturated carbocycles. The van der Waals surface area contributed by atoms with Gasteiger partial charge in [0.1, 0.15) is 0 Å². The van der Waals surface area contributed by atoms with Gasteiger partial charge in [0.2, 0.25) is 0 Å². The van der Waals surface area contributed by atoms with Gasteiger partial charge >= 0.3 is 0 Å². The van der Waals surface area contributed by atoms with E-state index < -0.39 is 4.92 Å². The molecule has 0 atom stereocenters. The molecule has 0 unspecified atom stereocenters. The third kappa shape index (κ3) is 2.29. The molecule has 0 radical (unpaired) electrons. The molecule has 3 aromatic rings. The summed E-state index contributed by atoms with van der Waals surface area (Å²) in [5.41, 5.74) is 4.61. The Morgan fingerprint density at radius 1 is 0.950 bits per heavy atom. The molecule has 3 rings (SSSR count). The van der Waals surface area contributed by atoms with Crippen LogP contribution in [-0.4, -0.2) is 4.92 Å². The van der Waals surface area contributed by atoms with Crippen LogP contribution in [0.1, 0.15) is 0 Å². The minimum absolute atomic E-state index is 0.00633. The number of hydrogen-bond donors (Lipinski definition) is 0. The second-order valence-corrected chi connectivity index (χ2v) is 4.30. The van der Waals surface area contributed by atoms with Crippen LogP contribution >= 0.6 is 0 Å². The molecule has 20 heavy (non-hydrogen) atoms. The molecule has 5 heteroatoms. The summed E-state index contributed by atoms with van der Waals surface area (Å²) in [6.45, 7) is 0. The molecule has 0 aliphatic heterocycles. The van der Waals surface area contributed by atoms with E-state index in [9.17, 15) is 10.1 Å². The summed E-state index contributed by atoms with van der Waals surface area (Å²) in [6.07, 6.45) is 3.62. The maximum atomic E-state index is 11.0. The smallest absolute Gasteiger partial charge is 0.259 e. The molecule has 0 fully saturated rings. The Hall–Kier alpha value is -2.95. The molecule has 0 amide bonds. The van der Waals surface area contributed by atoms with Crippen LogP contribution in [0.4, 0.5) is 11.4 Å². The first-order valence-corrected chi connectivity index (χ1v) is 6.09. The molecule has 0 bridgehead atoms. The fraction of sp³-hybridized carbons (Fsp3) is 0. The number of hydrogen-bond acceptors (Lipinski definition) is 2. The summed E-state index contributed by atoms with van der Waals surface area (Å²) in [7, 11) is 0. The Morgan fingerprint density at radius 3 is 2.45 bits per heavy atom. The Kier molecular flexibility index (Phi) is 3.01. The molecule has 0 spiro atoms. The monoisotopic (exact) mass is 265 g/mol. The van der Waals surface area contributed by atoms with Crippen LogP contribution < -0.4 is 4.68 Å². The number of nitro benzene ring substituents is 1. The first-order valence-electron chi connectivity index (χ1n) is 6.09. The van der Waals surface area contributed by atoms with E-state index in [1.165, 1.54) is 6.07 Å². The van der Waals surface area contributed by atoms with Gasteiger partial charge in [0.25, 0.3) is 5.69 Å². The van der Waals surface area contributed by atoms with Crippen LogP contribution in [0.5, 0.6) is 0 Å². The van der Waals surface area contributed by atoms with E-state index in [1.807, 2.05) is 36.5 Å². The van der Waals surface area contributed by atoms with Gasteiger partial charge in [-0.05, 0) is 17.1 Å². The van der Waals surface area contributed by atoms with Gasteiger partial charge in [-0.25, -0.2) is 4.68 Å². The van der Waals surface area contributed by atoms with Crippen molar-refractivity contribution in [2.75, 3.05) is 0 Å². The Labute approximate surface area is 115 Å². The average Bonchev–Trinajstić information content (AvgIpc) is 2.47. The third-order valence-electron chi connectivity index (χ3n) is 2.98. The number of nitrogens with zero attached hydrogens (tertiary/aromatic N) is 3. The Morgan fingerprint density at radius 2 is 1.65 bits per heavy atom. The largest absolute Gasteiger partial charge is 0.398 e. The fourth-order valence-corrected chi connectivity index (χ4v) is 2.01. The van der Waals surface area contributed by atoms with E-state index >= 15 is 0 Å². The summed E-state index contributed by atoms with van der Waals surface area (Å²) < 4.78 is 1.59. The number of rotatable bonds is 3. The van der Waals surface area contributed by atoms with Crippen molar-refractivity contribution in [2.24, 2.45) is 0 Å². The molecular formula is C15H11N3O2. The van der Waals surface area contributed by atoms with Gasteiger partial charge in [0.15, 0.2) is 12.4 Å². The van der Waals surface area contributed by atoms with Crippen molar-refractivity contribution >= 4 is 22.1 Å². The minimum atomic E-state index is -0.430. The molecule has 5 nitrogen and oxygen atoms in total. The van der Waals surface area contributed by atoms with Gasteiger partial charge in [0, 0.05) is 17.5 Å². The maximum absolute atomic E-state index is 11.0. The van der Waals surface area contributed by atoms with E-state index in [0.717, 1.165) is 10.8 Å². The zero-order valence-corrected chi connectivity index (χ0v) is 10.5. The maximum Gasteiger partial charge on any atom is 0.259 e. The number of aromatic nitrogens is 1. The number of fused-ring (bicyclic) bond motifs is 1. The van der Waals surface area contributed by atoms with Crippen LogP contribution in [0.3, 0.4) is 0 Å². The normalized spacial score (nSPS) is 10.4. The zero-order valence-electron chi connectivity index (χ0n) is 10.5. The first-order chi connectivity index (χ1) is 9.74. The molecular weight excluding hydrogens is 254 g/mol. The summed E-state index contributed by atoms with van der Waals surface area (Å²) in [5, 5.41) is 13.1. The van der Waals surface area contributed by atoms with Crippen molar-refractivity contribution in [2.45, 2.75) is 0 Å².